The van der Waals surface area contributed by atoms with Crippen molar-refractivity contribution in [3.63, 3.8) is 0 Å². The highest BCUT2D eigenvalue weighted by molar-refractivity contribution is 5.72. The van der Waals surface area contributed by atoms with Crippen molar-refractivity contribution in [1.82, 2.24) is 9.80 Å². The largest absolute Gasteiger partial charge is 0.490 e. The number of benzene rings is 2. The molecule has 0 aromatic heterocycles. The lowest BCUT2D eigenvalue weighted by Gasteiger charge is -2.24. The normalized spacial score (nSPS) is 16.9. The van der Waals surface area contributed by atoms with E-state index in [0.29, 0.717) is 79.0 Å². The summed E-state index contributed by atoms with van der Waals surface area (Å²) in [6, 6.07) is 15.6. The van der Waals surface area contributed by atoms with Gasteiger partial charge in [-0.3, -0.25) is 19.4 Å². The van der Waals surface area contributed by atoms with Gasteiger partial charge in [0.25, 0.3) is 0 Å². The van der Waals surface area contributed by atoms with E-state index in [9.17, 15) is 9.59 Å². The predicted octanol–water partition coefficient (Wildman–Crippen LogP) is 2.92. The van der Waals surface area contributed by atoms with Crippen LogP contribution in [0.25, 0.3) is 0 Å². The highest BCUT2D eigenvalue weighted by Gasteiger charge is 2.17. The summed E-state index contributed by atoms with van der Waals surface area (Å²) in [6.45, 7) is 9.05. The Kier molecular flexibility index (Phi) is 14.3. The van der Waals surface area contributed by atoms with Crippen LogP contribution in [0.4, 0.5) is 0 Å². The second kappa shape index (κ2) is 18.2. The maximum absolute atomic E-state index is 12.2. The topological polar surface area (TPSA) is 96.0 Å². The third kappa shape index (κ3) is 11.5. The maximum Gasteiger partial charge on any atom is 0.320 e. The fourth-order valence-corrected chi connectivity index (χ4v) is 4.25. The zero-order valence-corrected chi connectivity index (χ0v) is 23.7. The number of esters is 2. The lowest BCUT2D eigenvalue weighted by molar-refractivity contribution is -0.145. The summed E-state index contributed by atoms with van der Waals surface area (Å²) in [5.74, 6) is 0.909. The summed E-state index contributed by atoms with van der Waals surface area (Å²) >= 11 is 0. The molecule has 2 aromatic rings. The highest BCUT2D eigenvalue weighted by Crippen LogP contribution is 2.22. The molecule has 3 rings (SSSR count). The quantitative estimate of drug-likeness (QED) is 0.493. The first-order valence-electron chi connectivity index (χ1n) is 13.9. The highest BCUT2D eigenvalue weighted by atomic mass is 16.5. The second-order valence-electron chi connectivity index (χ2n) is 9.17. The minimum absolute atomic E-state index is 0.151. The fraction of sp³-hybridized carbons (Fsp3) is 0.533. The van der Waals surface area contributed by atoms with Gasteiger partial charge < -0.3 is 28.4 Å². The molecule has 10 nitrogen and oxygen atoms in total. The molecule has 0 amide bonds. The molecule has 220 valence electrons. The van der Waals surface area contributed by atoms with Gasteiger partial charge in [-0.1, -0.05) is 36.4 Å². The number of rotatable bonds is 6. The third-order valence-corrected chi connectivity index (χ3v) is 6.12. The van der Waals surface area contributed by atoms with Crippen LogP contribution in [0, 0.1) is 0 Å². The molecular formula is C30H42N2O8. The van der Waals surface area contributed by atoms with Gasteiger partial charge in [0.1, 0.15) is 24.7 Å². The Morgan fingerprint density at radius 3 is 1.50 bits per heavy atom. The monoisotopic (exact) mass is 558 g/mol. The molecule has 0 radical (unpaired) electrons. The van der Waals surface area contributed by atoms with E-state index in [-0.39, 0.29) is 25.0 Å². The molecule has 10 heteroatoms. The molecule has 1 heterocycles. The van der Waals surface area contributed by atoms with E-state index in [2.05, 4.69) is 0 Å². The molecule has 0 aliphatic carbocycles. The SMILES string of the molecule is CCOC(=O)CN1CCOCCOCCN(CC(=O)OCC)Cc2ccccc2OCCOc2ccccc2C1. The first-order valence-corrected chi connectivity index (χ1v) is 13.9. The Labute approximate surface area is 237 Å². The van der Waals surface area contributed by atoms with Gasteiger partial charge in [-0.25, -0.2) is 0 Å². The van der Waals surface area contributed by atoms with Crippen molar-refractivity contribution >= 4 is 11.9 Å². The smallest absolute Gasteiger partial charge is 0.320 e. The van der Waals surface area contributed by atoms with E-state index in [0.717, 1.165) is 22.6 Å². The van der Waals surface area contributed by atoms with Crippen molar-refractivity contribution in [2.75, 3.05) is 79.0 Å². The third-order valence-electron chi connectivity index (χ3n) is 6.12. The Morgan fingerprint density at radius 1 is 0.650 bits per heavy atom. The van der Waals surface area contributed by atoms with Crippen LogP contribution in [0.5, 0.6) is 11.5 Å². The van der Waals surface area contributed by atoms with Crippen LogP contribution in [-0.2, 0) is 41.6 Å². The van der Waals surface area contributed by atoms with Crippen LogP contribution >= 0.6 is 0 Å². The van der Waals surface area contributed by atoms with Crippen molar-refractivity contribution in [1.29, 1.82) is 0 Å². The van der Waals surface area contributed by atoms with Crippen molar-refractivity contribution in [2.45, 2.75) is 26.9 Å². The molecule has 0 N–H and O–H groups in total. The van der Waals surface area contributed by atoms with Crippen LogP contribution in [0.15, 0.2) is 48.5 Å². The van der Waals surface area contributed by atoms with E-state index in [1.807, 2.05) is 58.3 Å². The van der Waals surface area contributed by atoms with Crippen molar-refractivity contribution < 1.29 is 38.0 Å². The molecule has 0 bridgehead atoms. The molecule has 40 heavy (non-hydrogen) atoms. The van der Waals surface area contributed by atoms with Gasteiger partial charge in [0.05, 0.1) is 52.7 Å². The molecule has 2 aromatic carbocycles. The molecule has 0 saturated carbocycles. The average Bonchev–Trinajstić information content (AvgIpc) is 2.93. The molecule has 0 unspecified atom stereocenters. The molecule has 0 spiro atoms. The summed E-state index contributed by atoms with van der Waals surface area (Å²) < 4.78 is 34.1. The number of para-hydroxylation sites is 2. The van der Waals surface area contributed by atoms with Gasteiger partial charge in [0.2, 0.25) is 0 Å². The average molecular weight is 559 g/mol. The Balaban J connectivity index is 1.73. The molecular weight excluding hydrogens is 516 g/mol. The standard InChI is InChI=1S/C30H42N2O8/c1-3-37-29(33)23-31-13-15-35-17-18-36-16-14-32(24-30(34)38-4-2)22-26-10-6-8-12-28(26)40-20-19-39-27-11-7-5-9-25(27)21-31/h5-12H,3-4,13-24H2,1-2H3. The van der Waals surface area contributed by atoms with E-state index in [1.54, 1.807) is 13.8 Å². The number of ether oxygens (including phenoxy) is 6. The number of carbonyl (C=O) groups excluding carboxylic acids is 2. The van der Waals surface area contributed by atoms with E-state index < -0.39 is 0 Å². The fourth-order valence-electron chi connectivity index (χ4n) is 4.25. The van der Waals surface area contributed by atoms with Crippen LogP contribution in [0.1, 0.15) is 25.0 Å². The van der Waals surface area contributed by atoms with E-state index >= 15 is 0 Å². The van der Waals surface area contributed by atoms with Crippen molar-refractivity contribution in [3.05, 3.63) is 59.7 Å². The van der Waals surface area contributed by atoms with Crippen LogP contribution < -0.4 is 9.47 Å². The van der Waals surface area contributed by atoms with Crippen molar-refractivity contribution in [3.8, 4) is 11.5 Å². The predicted molar refractivity (Wildman–Crippen MR) is 149 cm³/mol. The van der Waals surface area contributed by atoms with Gasteiger partial charge in [0, 0.05) is 37.3 Å². The maximum atomic E-state index is 12.2. The van der Waals surface area contributed by atoms with Gasteiger partial charge in [-0.15, -0.1) is 0 Å². The van der Waals surface area contributed by atoms with E-state index in [4.69, 9.17) is 28.4 Å². The number of fused-ring (bicyclic) bond motifs is 2. The minimum Gasteiger partial charge on any atom is -0.490 e. The number of hydrogen-bond acceptors (Lipinski definition) is 10. The van der Waals surface area contributed by atoms with Gasteiger partial charge in [-0.2, -0.15) is 0 Å². The molecule has 0 saturated heterocycles. The Hall–Kier alpha value is -3.18. The summed E-state index contributed by atoms with van der Waals surface area (Å²) in [5, 5.41) is 0. The summed E-state index contributed by atoms with van der Waals surface area (Å²) in [7, 11) is 0. The summed E-state index contributed by atoms with van der Waals surface area (Å²) in [5.41, 5.74) is 1.92. The Morgan fingerprint density at radius 2 is 1.07 bits per heavy atom. The number of carbonyl (C=O) groups is 2. The summed E-state index contributed by atoms with van der Waals surface area (Å²) in [6.07, 6.45) is 0. The van der Waals surface area contributed by atoms with Gasteiger partial charge >= 0.3 is 11.9 Å². The number of nitrogens with zero attached hydrogens (tertiary/aromatic N) is 2. The van der Waals surface area contributed by atoms with Gasteiger partial charge in [-0.05, 0) is 26.0 Å². The first-order chi connectivity index (χ1) is 19.6. The molecule has 0 atom stereocenters. The second-order valence-corrected chi connectivity index (χ2v) is 9.17. The first kappa shape index (κ1) is 31.3. The van der Waals surface area contributed by atoms with Crippen molar-refractivity contribution in [2.24, 2.45) is 0 Å². The van der Waals surface area contributed by atoms with Crippen LogP contribution in [0.3, 0.4) is 0 Å². The van der Waals surface area contributed by atoms with Crippen LogP contribution in [0.2, 0.25) is 0 Å². The zero-order valence-electron chi connectivity index (χ0n) is 23.7. The van der Waals surface area contributed by atoms with Gasteiger partial charge in [0.15, 0.2) is 0 Å². The molecule has 1 aliphatic heterocycles. The summed E-state index contributed by atoms with van der Waals surface area (Å²) in [4.78, 5) is 28.4. The Bertz CT molecular complexity index is 953. The lowest BCUT2D eigenvalue weighted by Crippen LogP contribution is -2.34. The zero-order chi connectivity index (χ0) is 28.4. The van der Waals surface area contributed by atoms with Crippen LogP contribution in [-0.4, -0.2) is 101 Å². The number of hydrogen-bond donors (Lipinski definition) is 0. The molecule has 0 fully saturated rings. The molecule has 1 aliphatic rings. The van der Waals surface area contributed by atoms with E-state index in [1.165, 1.54) is 0 Å². The lowest BCUT2D eigenvalue weighted by atomic mass is 10.2. The minimum atomic E-state index is -0.280.